The minimum Gasteiger partial charge on any atom is -0.335 e. The molecular weight excluding hydrogens is 314 g/mol. The highest BCUT2D eigenvalue weighted by Crippen LogP contribution is 2.17. The van der Waals surface area contributed by atoms with Gasteiger partial charge in [-0.3, -0.25) is 9.69 Å². The van der Waals surface area contributed by atoms with Crippen LogP contribution in [0.15, 0.2) is 42.7 Å². The van der Waals surface area contributed by atoms with Crippen LogP contribution in [-0.4, -0.2) is 40.2 Å². The van der Waals surface area contributed by atoms with E-state index in [1.54, 1.807) is 17.1 Å². The average molecular weight is 337 g/mol. The number of piperidine rings is 1. The molecule has 1 N–H and O–H groups in total. The van der Waals surface area contributed by atoms with Crippen molar-refractivity contribution in [3.8, 4) is 11.8 Å². The summed E-state index contributed by atoms with van der Waals surface area (Å²) in [6.07, 6.45) is 5.66. The van der Waals surface area contributed by atoms with Gasteiger partial charge in [-0.25, -0.2) is 4.68 Å². The maximum absolute atomic E-state index is 12.3. The molecule has 0 bridgehead atoms. The Morgan fingerprint density at radius 2 is 2.08 bits per heavy atom. The zero-order valence-electron chi connectivity index (χ0n) is 14.4. The molecule has 1 aliphatic heterocycles. The predicted molar refractivity (Wildman–Crippen MR) is 94.9 cm³/mol. The first-order valence-electron chi connectivity index (χ1n) is 8.67. The van der Waals surface area contributed by atoms with E-state index in [1.807, 2.05) is 30.3 Å². The summed E-state index contributed by atoms with van der Waals surface area (Å²) in [4.78, 5) is 14.4. The van der Waals surface area contributed by atoms with Gasteiger partial charge in [0.1, 0.15) is 6.04 Å². The highest BCUT2D eigenvalue weighted by molar-refractivity contribution is 5.78. The summed E-state index contributed by atoms with van der Waals surface area (Å²) >= 11 is 0. The second kappa shape index (κ2) is 7.95. The quantitative estimate of drug-likeness (QED) is 0.908. The van der Waals surface area contributed by atoms with Crippen LogP contribution in [0.4, 0.5) is 0 Å². The normalized spacial score (nSPS) is 17.0. The number of hydrogen-bond acceptors (Lipinski definition) is 4. The van der Waals surface area contributed by atoms with E-state index in [1.165, 1.54) is 0 Å². The minimum atomic E-state index is -0.686. The molecule has 6 heteroatoms. The van der Waals surface area contributed by atoms with Gasteiger partial charge < -0.3 is 5.32 Å². The number of carbonyl (C=O) groups excluding carboxylic acids is 1. The van der Waals surface area contributed by atoms with E-state index in [2.05, 4.69) is 28.3 Å². The van der Waals surface area contributed by atoms with Crippen molar-refractivity contribution in [2.24, 2.45) is 5.92 Å². The molecule has 3 rings (SSSR count). The van der Waals surface area contributed by atoms with Gasteiger partial charge in [-0.05, 0) is 44.0 Å². The van der Waals surface area contributed by atoms with Crippen molar-refractivity contribution >= 4 is 5.91 Å². The van der Waals surface area contributed by atoms with Crippen molar-refractivity contribution in [1.29, 1.82) is 5.26 Å². The van der Waals surface area contributed by atoms with Gasteiger partial charge >= 0.3 is 0 Å². The zero-order chi connectivity index (χ0) is 17.6. The van der Waals surface area contributed by atoms with Gasteiger partial charge in [-0.1, -0.05) is 25.1 Å². The summed E-state index contributed by atoms with van der Waals surface area (Å²) in [7, 11) is 0. The lowest BCUT2D eigenvalue weighted by Gasteiger charge is -2.29. The predicted octanol–water partition coefficient (Wildman–Crippen LogP) is 2.29. The van der Waals surface area contributed by atoms with Gasteiger partial charge in [0, 0.05) is 11.8 Å². The van der Waals surface area contributed by atoms with Crippen LogP contribution in [0.3, 0.4) is 0 Å². The van der Waals surface area contributed by atoms with E-state index < -0.39 is 6.04 Å². The third-order valence-corrected chi connectivity index (χ3v) is 4.63. The van der Waals surface area contributed by atoms with Crippen LogP contribution in [0.5, 0.6) is 0 Å². The number of nitrogens with one attached hydrogen (secondary N) is 1. The van der Waals surface area contributed by atoms with Crippen LogP contribution in [0, 0.1) is 17.2 Å². The van der Waals surface area contributed by atoms with E-state index in [4.69, 9.17) is 0 Å². The molecule has 1 amide bonds. The number of amides is 1. The number of aromatic nitrogens is 2. The zero-order valence-corrected chi connectivity index (χ0v) is 14.4. The first kappa shape index (κ1) is 17.2. The molecule has 1 aliphatic rings. The van der Waals surface area contributed by atoms with E-state index >= 15 is 0 Å². The summed E-state index contributed by atoms with van der Waals surface area (Å²) in [6.45, 7) is 4.47. The minimum absolute atomic E-state index is 0.117. The second-order valence-corrected chi connectivity index (χ2v) is 6.64. The Balaban J connectivity index is 1.60. The Kier molecular flexibility index (Phi) is 5.46. The van der Waals surface area contributed by atoms with Crippen LogP contribution in [-0.2, 0) is 4.79 Å². The van der Waals surface area contributed by atoms with Crippen LogP contribution >= 0.6 is 0 Å². The van der Waals surface area contributed by atoms with E-state index in [-0.39, 0.29) is 5.91 Å². The molecular formula is C19H23N5O. The molecule has 0 aliphatic carbocycles. The van der Waals surface area contributed by atoms with Crippen LogP contribution in [0.1, 0.15) is 31.4 Å². The molecule has 1 fully saturated rings. The van der Waals surface area contributed by atoms with Crippen molar-refractivity contribution in [2.75, 3.05) is 19.6 Å². The number of hydrogen-bond donors (Lipinski definition) is 1. The van der Waals surface area contributed by atoms with Crippen molar-refractivity contribution in [2.45, 2.75) is 25.8 Å². The SMILES string of the molecule is CC1CCN(CC(=O)N[C@H](C#N)c2cnn(-c3ccccc3)c2)CC1. The van der Waals surface area contributed by atoms with Gasteiger partial charge in [0.05, 0.1) is 24.5 Å². The standard InChI is InChI=1S/C19H23N5O/c1-15-7-9-23(10-8-15)14-19(25)22-18(11-20)16-12-21-24(13-16)17-5-3-2-4-6-17/h2-6,12-13,15,18H,7-10,14H2,1H3,(H,22,25)/t18-/m1/s1. The van der Waals surface area contributed by atoms with Gasteiger partial charge in [0.2, 0.25) is 5.91 Å². The molecule has 1 saturated heterocycles. The molecule has 25 heavy (non-hydrogen) atoms. The van der Waals surface area contributed by atoms with Crippen LogP contribution in [0.2, 0.25) is 0 Å². The fourth-order valence-corrected chi connectivity index (χ4v) is 3.03. The molecule has 2 heterocycles. The molecule has 130 valence electrons. The molecule has 1 atom stereocenters. The second-order valence-electron chi connectivity index (χ2n) is 6.64. The molecule has 0 spiro atoms. The van der Waals surface area contributed by atoms with Gasteiger partial charge in [0.15, 0.2) is 0 Å². The maximum atomic E-state index is 12.3. The number of nitrogens with zero attached hydrogens (tertiary/aromatic N) is 4. The molecule has 2 aromatic rings. The lowest BCUT2D eigenvalue weighted by molar-refractivity contribution is -0.123. The number of likely N-dealkylation sites (tertiary alicyclic amines) is 1. The third-order valence-electron chi connectivity index (χ3n) is 4.63. The Hall–Kier alpha value is -2.65. The Labute approximate surface area is 148 Å². The lowest BCUT2D eigenvalue weighted by Crippen LogP contribution is -2.42. The summed E-state index contributed by atoms with van der Waals surface area (Å²) in [5.41, 5.74) is 1.60. The summed E-state index contributed by atoms with van der Waals surface area (Å²) in [5.74, 6) is 0.614. The number of nitriles is 1. The Morgan fingerprint density at radius 3 is 2.76 bits per heavy atom. The number of benzene rings is 1. The van der Waals surface area contributed by atoms with E-state index in [0.29, 0.717) is 12.1 Å². The number of carbonyl (C=O) groups is 1. The number of para-hydroxylation sites is 1. The van der Waals surface area contributed by atoms with Gasteiger partial charge in [-0.2, -0.15) is 10.4 Å². The van der Waals surface area contributed by atoms with Crippen molar-refractivity contribution in [3.63, 3.8) is 0 Å². The third kappa shape index (κ3) is 4.46. The first-order chi connectivity index (χ1) is 12.2. The topological polar surface area (TPSA) is 74.0 Å². The molecule has 6 nitrogen and oxygen atoms in total. The van der Waals surface area contributed by atoms with Crippen molar-refractivity contribution in [3.05, 3.63) is 48.3 Å². The molecule has 0 unspecified atom stereocenters. The van der Waals surface area contributed by atoms with Crippen molar-refractivity contribution in [1.82, 2.24) is 20.0 Å². The van der Waals surface area contributed by atoms with Crippen LogP contribution < -0.4 is 5.32 Å². The first-order valence-corrected chi connectivity index (χ1v) is 8.67. The fourth-order valence-electron chi connectivity index (χ4n) is 3.03. The van der Waals surface area contributed by atoms with E-state index in [9.17, 15) is 10.1 Å². The highest BCUT2D eigenvalue weighted by atomic mass is 16.2. The number of rotatable bonds is 5. The lowest BCUT2D eigenvalue weighted by atomic mass is 9.99. The van der Waals surface area contributed by atoms with Crippen molar-refractivity contribution < 1.29 is 4.79 Å². The summed E-state index contributed by atoms with van der Waals surface area (Å²) in [6, 6.07) is 11.1. The molecule has 1 aromatic heterocycles. The Bertz CT molecular complexity index is 741. The summed E-state index contributed by atoms with van der Waals surface area (Å²) in [5, 5.41) is 16.5. The largest absolute Gasteiger partial charge is 0.335 e. The molecule has 0 saturated carbocycles. The summed E-state index contributed by atoms with van der Waals surface area (Å²) < 4.78 is 1.71. The molecule has 0 radical (unpaired) electrons. The van der Waals surface area contributed by atoms with E-state index in [0.717, 1.165) is 37.5 Å². The smallest absolute Gasteiger partial charge is 0.235 e. The van der Waals surface area contributed by atoms with Gasteiger partial charge in [-0.15, -0.1) is 0 Å². The fraction of sp³-hybridized carbons (Fsp3) is 0.421. The molecule has 1 aromatic carbocycles. The van der Waals surface area contributed by atoms with Gasteiger partial charge in [0.25, 0.3) is 0 Å². The Morgan fingerprint density at radius 1 is 1.36 bits per heavy atom. The van der Waals surface area contributed by atoms with Crippen LogP contribution in [0.25, 0.3) is 5.69 Å². The highest BCUT2D eigenvalue weighted by Gasteiger charge is 2.21. The monoisotopic (exact) mass is 337 g/mol. The maximum Gasteiger partial charge on any atom is 0.235 e. The average Bonchev–Trinajstić information content (AvgIpc) is 3.12.